The molecule has 3 rings (SSSR count). The van der Waals surface area contributed by atoms with Gasteiger partial charge in [-0.15, -0.1) is 11.3 Å². The van der Waals surface area contributed by atoms with E-state index in [4.69, 9.17) is 0 Å². The van der Waals surface area contributed by atoms with Crippen molar-refractivity contribution >= 4 is 29.1 Å². The first-order chi connectivity index (χ1) is 9.71. The molecule has 1 aromatic heterocycles. The third kappa shape index (κ3) is 3.02. The van der Waals surface area contributed by atoms with Crippen molar-refractivity contribution in [1.82, 2.24) is 10.3 Å². The summed E-state index contributed by atoms with van der Waals surface area (Å²) < 4.78 is 1.08. The minimum atomic E-state index is -0.662. The van der Waals surface area contributed by atoms with Crippen LogP contribution in [-0.2, 0) is 4.79 Å². The lowest BCUT2D eigenvalue weighted by atomic mass is 9.85. The Morgan fingerprint density at radius 1 is 1.55 bits per heavy atom. The summed E-state index contributed by atoms with van der Waals surface area (Å²) >= 11 is 3.40. The fourth-order valence-electron chi connectivity index (χ4n) is 3.16. The van der Waals surface area contributed by atoms with Crippen LogP contribution in [0.2, 0.25) is 0 Å². The lowest BCUT2D eigenvalue weighted by molar-refractivity contribution is -0.146. The molecule has 0 saturated heterocycles. The zero-order chi connectivity index (χ0) is 14.0. The van der Waals surface area contributed by atoms with Gasteiger partial charge >= 0.3 is 5.97 Å². The van der Waals surface area contributed by atoms with Crippen LogP contribution < -0.4 is 5.32 Å². The SMILES string of the molecule is O=C(O)C1(NC2CC2)CCCC1CCSc1nccs1. The van der Waals surface area contributed by atoms with Crippen molar-refractivity contribution in [3.05, 3.63) is 11.6 Å². The predicted octanol–water partition coefficient (Wildman–Crippen LogP) is 3.00. The third-order valence-corrected chi connectivity index (χ3v) is 6.34. The molecule has 2 N–H and O–H groups in total. The Balaban J connectivity index is 1.59. The summed E-state index contributed by atoms with van der Waals surface area (Å²) in [6, 6.07) is 0.443. The molecule has 2 saturated carbocycles. The maximum Gasteiger partial charge on any atom is 0.324 e. The quantitative estimate of drug-likeness (QED) is 0.758. The number of rotatable bonds is 7. The molecule has 110 valence electrons. The zero-order valence-corrected chi connectivity index (χ0v) is 13.0. The highest BCUT2D eigenvalue weighted by atomic mass is 32.2. The summed E-state index contributed by atoms with van der Waals surface area (Å²) in [6.45, 7) is 0. The van der Waals surface area contributed by atoms with Crippen molar-refractivity contribution < 1.29 is 9.90 Å². The summed E-state index contributed by atoms with van der Waals surface area (Å²) in [4.78, 5) is 16.1. The maximum absolute atomic E-state index is 11.8. The molecule has 6 heteroatoms. The minimum Gasteiger partial charge on any atom is -0.480 e. The molecule has 0 amide bonds. The third-order valence-electron chi connectivity index (χ3n) is 4.34. The van der Waals surface area contributed by atoms with E-state index in [2.05, 4.69) is 10.3 Å². The van der Waals surface area contributed by atoms with Gasteiger partial charge in [0.25, 0.3) is 0 Å². The topological polar surface area (TPSA) is 62.2 Å². The fraction of sp³-hybridized carbons (Fsp3) is 0.714. The first-order valence-electron chi connectivity index (χ1n) is 7.24. The summed E-state index contributed by atoms with van der Waals surface area (Å²) in [7, 11) is 0. The van der Waals surface area contributed by atoms with Crippen molar-refractivity contribution in [1.29, 1.82) is 0 Å². The number of nitrogens with zero attached hydrogens (tertiary/aromatic N) is 1. The zero-order valence-electron chi connectivity index (χ0n) is 11.4. The smallest absolute Gasteiger partial charge is 0.324 e. The largest absolute Gasteiger partial charge is 0.480 e. The van der Waals surface area contributed by atoms with Crippen LogP contribution in [0.5, 0.6) is 0 Å². The van der Waals surface area contributed by atoms with Gasteiger partial charge in [-0.05, 0) is 38.0 Å². The average Bonchev–Trinajstić information content (AvgIpc) is 2.91. The standard InChI is InChI=1S/C14H20N2O2S2/c17-12(18)14(16-11-3-4-11)6-1-2-10(14)5-8-19-13-15-7-9-20-13/h7,9-11,16H,1-6,8H2,(H,17,18). The molecule has 2 aliphatic carbocycles. The normalized spacial score (nSPS) is 29.7. The molecule has 2 atom stereocenters. The van der Waals surface area contributed by atoms with Gasteiger partial charge in [0.05, 0.1) is 0 Å². The summed E-state index contributed by atoms with van der Waals surface area (Å²) in [5, 5.41) is 15.1. The van der Waals surface area contributed by atoms with Crippen LogP contribution in [0.1, 0.15) is 38.5 Å². The number of aliphatic carboxylic acids is 1. The van der Waals surface area contributed by atoms with Crippen LogP contribution in [-0.4, -0.2) is 33.4 Å². The van der Waals surface area contributed by atoms with E-state index in [1.165, 1.54) is 0 Å². The Morgan fingerprint density at radius 3 is 3.05 bits per heavy atom. The molecule has 0 spiro atoms. The Hall–Kier alpha value is -0.590. The van der Waals surface area contributed by atoms with Gasteiger partial charge in [0, 0.05) is 23.4 Å². The van der Waals surface area contributed by atoms with Crippen LogP contribution in [0.15, 0.2) is 15.9 Å². The van der Waals surface area contributed by atoms with Gasteiger partial charge in [0.15, 0.2) is 0 Å². The van der Waals surface area contributed by atoms with Crippen LogP contribution in [0, 0.1) is 5.92 Å². The van der Waals surface area contributed by atoms with Gasteiger partial charge in [-0.25, -0.2) is 4.98 Å². The second kappa shape index (κ2) is 6.03. The van der Waals surface area contributed by atoms with Crippen molar-refractivity contribution in [3.8, 4) is 0 Å². The Labute approximate surface area is 127 Å². The number of carbonyl (C=O) groups is 1. The van der Waals surface area contributed by atoms with Gasteiger partial charge in [-0.3, -0.25) is 10.1 Å². The number of thioether (sulfide) groups is 1. The Kier molecular flexibility index (Phi) is 4.33. The van der Waals surface area contributed by atoms with Crippen molar-refractivity contribution in [2.45, 2.75) is 54.4 Å². The lowest BCUT2D eigenvalue weighted by Crippen LogP contribution is -2.55. The van der Waals surface area contributed by atoms with E-state index in [0.717, 1.165) is 48.6 Å². The molecular formula is C14H20N2O2S2. The summed E-state index contributed by atoms with van der Waals surface area (Å²) in [5.41, 5.74) is -0.662. The highest BCUT2D eigenvalue weighted by Crippen LogP contribution is 2.41. The first-order valence-corrected chi connectivity index (χ1v) is 9.10. The van der Waals surface area contributed by atoms with Gasteiger partial charge in [-0.1, -0.05) is 18.2 Å². The van der Waals surface area contributed by atoms with Crippen LogP contribution in [0.4, 0.5) is 0 Å². The summed E-state index contributed by atoms with van der Waals surface area (Å²) in [5.74, 6) is 0.568. The van der Waals surface area contributed by atoms with E-state index < -0.39 is 11.5 Å². The molecular weight excluding hydrogens is 292 g/mol. The van der Waals surface area contributed by atoms with Gasteiger partial charge in [0.2, 0.25) is 0 Å². The first kappa shape index (κ1) is 14.4. The van der Waals surface area contributed by atoms with Crippen LogP contribution >= 0.6 is 23.1 Å². The van der Waals surface area contributed by atoms with Gasteiger partial charge in [0.1, 0.15) is 9.88 Å². The molecule has 0 bridgehead atoms. The van der Waals surface area contributed by atoms with Crippen LogP contribution in [0.3, 0.4) is 0 Å². The van der Waals surface area contributed by atoms with Crippen molar-refractivity contribution in [2.24, 2.45) is 5.92 Å². The van der Waals surface area contributed by atoms with Crippen LogP contribution in [0.25, 0.3) is 0 Å². The summed E-state index contributed by atoms with van der Waals surface area (Å²) in [6.07, 6.45) is 7.88. The van der Waals surface area contributed by atoms with E-state index in [0.29, 0.717) is 6.04 Å². The molecule has 2 aliphatic rings. The van der Waals surface area contributed by atoms with E-state index >= 15 is 0 Å². The second-order valence-electron chi connectivity index (χ2n) is 5.72. The second-order valence-corrected chi connectivity index (χ2v) is 7.96. The molecule has 0 aromatic carbocycles. The molecule has 2 fully saturated rings. The lowest BCUT2D eigenvalue weighted by Gasteiger charge is -2.32. The highest BCUT2D eigenvalue weighted by Gasteiger charge is 2.50. The fourth-order valence-corrected chi connectivity index (χ4v) is 4.92. The number of carboxylic acids is 1. The minimum absolute atomic E-state index is 0.257. The van der Waals surface area contributed by atoms with E-state index in [1.807, 2.05) is 11.6 Å². The maximum atomic E-state index is 11.8. The van der Waals surface area contributed by atoms with Crippen molar-refractivity contribution in [2.75, 3.05) is 5.75 Å². The molecule has 4 nitrogen and oxygen atoms in total. The Bertz CT molecular complexity index is 462. The number of hydrogen-bond acceptors (Lipinski definition) is 5. The molecule has 1 heterocycles. The van der Waals surface area contributed by atoms with E-state index in [1.54, 1.807) is 23.1 Å². The van der Waals surface area contributed by atoms with Gasteiger partial charge in [-0.2, -0.15) is 0 Å². The average molecular weight is 312 g/mol. The number of hydrogen-bond donors (Lipinski definition) is 2. The number of aromatic nitrogens is 1. The Morgan fingerprint density at radius 2 is 2.40 bits per heavy atom. The monoisotopic (exact) mass is 312 g/mol. The molecule has 2 unspecified atom stereocenters. The van der Waals surface area contributed by atoms with Gasteiger partial charge < -0.3 is 5.11 Å². The molecule has 0 radical (unpaired) electrons. The molecule has 20 heavy (non-hydrogen) atoms. The number of thiazole rings is 1. The molecule has 1 aromatic rings. The van der Waals surface area contributed by atoms with E-state index in [-0.39, 0.29) is 5.92 Å². The number of nitrogens with one attached hydrogen (secondary N) is 1. The highest BCUT2D eigenvalue weighted by molar-refractivity contribution is 8.00. The number of carboxylic acid groups (broad SMARTS) is 1. The molecule has 0 aliphatic heterocycles. The van der Waals surface area contributed by atoms with E-state index in [9.17, 15) is 9.90 Å². The predicted molar refractivity (Wildman–Crippen MR) is 81.3 cm³/mol. The van der Waals surface area contributed by atoms with Crippen molar-refractivity contribution in [3.63, 3.8) is 0 Å².